The molecule has 2 aromatic rings. The van der Waals surface area contributed by atoms with Crippen LogP contribution in [0.25, 0.3) is 10.8 Å². The van der Waals surface area contributed by atoms with E-state index in [-0.39, 0.29) is 11.8 Å². The van der Waals surface area contributed by atoms with Crippen LogP contribution in [0.15, 0.2) is 48.6 Å². The Balaban J connectivity index is 1.79. The zero-order valence-corrected chi connectivity index (χ0v) is 13.2. The summed E-state index contributed by atoms with van der Waals surface area (Å²) in [5.74, 6) is -0.446. The van der Waals surface area contributed by atoms with Gasteiger partial charge in [-0.15, -0.1) is 0 Å². The van der Waals surface area contributed by atoms with Gasteiger partial charge in [0.1, 0.15) is 0 Å². The lowest BCUT2D eigenvalue weighted by molar-refractivity contribution is 0.0589. The molecule has 0 aliphatic carbocycles. The Hall–Kier alpha value is -2.46. The first-order valence-electron chi connectivity index (χ1n) is 7.69. The highest BCUT2D eigenvalue weighted by atomic mass is 16.5. The van der Waals surface area contributed by atoms with E-state index in [1.165, 1.54) is 4.90 Å². The Kier molecular flexibility index (Phi) is 4.26. The summed E-state index contributed by atoms with van der Waals surface area (Å²) in [6.07, 6.45) is 0.614. The molecule has 2 amide bonds. The SMILES string of the molecule is C=C(C)COCCCN1C(=O)c2cccc3cccc(c23)C1=O. The van der Waals surface area contributed by atoms with Crippen molar-refractivity contribution >= 4 is 22.6 Å². The van der Waals surface area contributed by atoms with Gasteiger partial charge in [0.25, 0.3) is 11.8 Å². The number of nitrogens with zero attached hydrogens (tertiary/aromatic N) is 1. The molecule has 1 aliphatic heterocycles. The fourth-order valence-corrected chi connectivity index (χ4v) is 2.85. The third kappa shape index (κ3) is 2.90. The molecule has 0 unspecified atom stereocenters. The molecule has 0 fully saturated rings. The van der Waals surface area contributed by atoms with Crippen molar-refractivity contribution in [3.63, 3.8) is 0 Å². The number of hydrogen-bond donors (Lipinski definition) is 0. The van der Waals surface area contributed by atoms with Crippen molar-refractivity contribution in [1.82, 2.24) is 4.90 Å². The summed E-state index contributed by atoms with van der Waals surface area (Å²) in [6, 6.07) is 11.1. The van der Waals surface area contributed by atoms with Crippen LogP contribution in [-0.2, 0) is 4.74 Å². The van der Waals surface area contributed by atoms with E-state index >= 15 is 0 Å². The van der Waals surface area contributed by atoms with Crippen molar-refractivity contribution in [2.75, 3.05) is 19.8 Å². The first kappa shape index (κ1) is 15.4. The van der Waals surface area contributed by atoms with Gasteiger partial charge < -0.3 is 4.74 Å². The first-order chi connectivity index (χ1) is 11.1. The van der Waals surface area contributed by atoms with Gasteiger partial charge in [-0.1, -0.05) is 36.4 Å². The van der Waals surface area contributed by atoms with Gasteiger partial charge in [-0.3, -0.25) is 14.5 Å². The number of benzene rings is 2. The monoisotopic (exact) mass is 309 g/mol. The molecule has 1 aliphatic rings. The molecule has 4 heteroatoms. The molecular formula is C19H19NO3. The Morgan fingerprint density at radius 1 is 1.09 bits per heavy atom. The van der Waals surface area contributed by atoms with Gasteiger partial charge in [-0.05, 0) is 30.9 Å². The first-order valence-corrected chi connectivity index (χ1v) is 7.69. The quantitative estimate of drug-likeness (QED) is 0.466. The largest absolute Gasteiger partial charge is 0.377 e. The van der Waals surface area contributed by atoms with Crippen LogP contribution in [-0.4, -0.2) is 36.5 Å². The molecule has 0 saturated heterocycles. The second-order valence-corrected chi connectivity index (χ2v) is 5.83. The standard InChI is InChI=1S/C19H19NO3/c1-13(2)12-23-11-5-10-20-18(21)15-8-3-6-14-7-4-9-16(17(14)15)19(20)22/h3-4,6-9H,1,5,10-12H2,2H3. The van der Waals surface area contributed by atoms with Crippen LogP contribution in [0.5, 0.6) is 0 Å². The number of amides is 2. The smallest absolute Gasteiger partial charge is 0.261 e. The molecule has 23 heavy (non-hydrogen) atoms. The average molecular weight is 309 g/mol. The topological polar surface area (TPSA) is 46.6 Å². The van der Waals surface area contributed by atoms with E-state index in [1.807, 2.05) is 31.2 Å². The molecule has 0 saturated carbocycles. The van der Waals surface area contributed by atoms with Gasteiger partial charge in [0.15, 0.2) is 0 Å². The van der Waals surface area contributed by atoms with Crippen molar-refractivity contribution < 1.29 is 14.3 Å². The predicted octanol–water partition coefficient (Wildman–Crippen LogP) is 3.42. The Bertz CT molecular complexity index is 744. The summed E-state index contributed by atoms with van der Waals surface area (Å²) < 4.78 is 5.43. The molecule has 0 N–H and O–H groups in total. The highest BCUT2D eigenvalue weighted by molar-refractivity contribution is 6.25. The Morgan fingerprint density at radius 3 is 2.26 bits per heavy atom. The molecule has 0 atom stereocenters. The van der Waals surface area contributed by atoms with E-state index in [4.69, 9.17) is 4.74 Å². The summed E-state index contributed by atoms with van der Waals surface area (Å²) in [7, 11) is 0. The molecule has 118 valence electrons. The van der Waals surface area contributed by atoms with Crippen molar-refractivity contribution in [2.24, 2.45) is 0 Å². The summed E-state index contributed by atoms with van der Waals surface area (Å²) in [5.41, 5.74) is 2.15. The number of carbonyl (C=O) groups is 2. The van der Waals surface area contributed by atoms with Crippen LogP contribution in [0.3, 0.4) is 0 Å². The lowest BCUT2D eigenvalue weighted by Crippen LogP contribution is -2.41. The molecule has 0 bridgehead atoms. The maximum atomic E-state index is 12.6. The van der Waals surface area contributed by atoms with Crippen LogP contribution >= 0.6 is 0 Å². The molecular weight excluding hydrogens is 290 g/mol. The van der Waals surface area contributed by atoms with Gasteiger partial charge >= 0.3 is 0 Å². The molecule has 2 aromatic carbocycles. The maximum absolute atomic E-state index is 12.6. The highest BCUT2D eigenvalue weighted by Crippen LogP contribution is 2.29. The maximum Gasteiger partial charge on any atom is 0.261 e. The third-order valence-corrected chi connectivity index (χ3v) is 3.87. The number of carbonyl (C=O) groups excluding carboxylic acids is 2. The van der Waals surface area contributed by atoms with Gasteiger partial charge in [-0.25, -0.2) is 0 Å². The van der Waals surface area contributed by atoms with Gasteiger partial charge in [-0.2, -0.15) is 0 Å². The van der Waals surface area contributed by atoms with E-state index in [9.17, 15) is 9.59 Å². The van der Waals surface area contributed by atoms with Crippen LogP contribution < -0.4 is 0 Å². The Labute approximate surface area is 135 Å². The lowest BCUT2D eigenvalue weighted by atomic mass is 9.94. The summed E-state index contributed by atoms with van der Waals surface area (Å²) in [4.78, 5) is 26.6. The van der Waals surface area contributed by atoms with Crippen LogP contribution in [0.4, 0.5) is 0 Å². The zero-order valence-electron chi connectivity index (χ0n) is 13.2. The predicted molar refractivity (Wildman–Crippen MR) is 89.6 cm³/mol. The summed E-state index contributed by atoms with van der Waals surface area (Å²) >= 11 is 0. The van der Waals surface area contributed by atoms with E-state index in [1.54, 1.807) is 12.1 Å². The van der Waals surface area contributed by atoms with Crippen molar-refractivity contribution in [2.45, 2.75) is 13.3 Å². The van der Waals surface area contributed by atoms with E-state index in [0.29, 0.717) is 37.3 Å². The molecule has 0 spiro atoms. The Morgan fingerprint density at radius 2 is 1.70 bits per heavy atom. The highest BCUT2D eigenvalue weighted by Gasteiger charge is 2.31. The zero-order chi connectivity index (χ0) is 16.4. The number of rotatable bonds is 6. The van der Waals surface area contributed by atoms with E-state index < -0.39 is 0 Å². The van der Waals surface area contributed by atoms with Crippen molar-refractivity contribution in [3.8, 4) is 0 Å². The third-order valence-electron chi connectivity index (χ3n) is 3.87. The second kappa shape index (κ2) is 6.34. The molecule has 3 rings (SSSR count). The van der Waals surface area contributed by atoms with E-state index in [2.05, 4.69) is 6.58 Å². The summed E-state index contributed by atoms with van der Waals surface area (Å²) in [6.45, 7) is 7.03. The minimum Gasteiger partial charge on any atom is -0.377 e. The fourth-order valence-electron chi connectivity index (χ4n) is 2.85. The van der Waals surface area contributed by atoms with Gasteiger partial charge in [0.2, 0.25) is 0 Å². The van der Waals surface area contributed by atoms with E-state index in [0.717, 1.165) is 16.3 Å². The number of ether oxygens (including phenoxy) is 1. The minimum absolute atomic E-state index is 0.223. The minimum atomic E-state index is -0.223. The number of imide groups is 1. The lowest BCUT2D eigenvalue weighted by Gasteiger charge is -2.27. The molecule has 1 heterocycles. The number of hydrogen-bond acceptors (Lipinski definition) is 3. The van der Waals surface area contributed by atoms with Crippen LogP contribution in [0.1, 0.15) is 34.1 Å². The van der Waals surface area contributed by atoms with Gasteiger partial charge in [0.05, 0.1) is 6.61 Å². The normalized spacial score (nSPS) is 13.7. The second-order valence-electron chi connectivity index (χ2n) is 5.83. The average Bonchev–Trinajstić information content (AvgIpc) is 2.54. The molecule has 4 nitrogen and oxygen atoms in total. The van der Waals surface area contributed by atoms with Crippen LogP contribution in [0.2, 0.25) is 0 Å². The van der Waals surface area contributed by atoms with Crippen molar-refractivity contribution in [1.29, 1.82) is 0 Å². The fraction of sp³-hybridized carbons (Fsp3) is 0.263. The molecule has 0 radical (unpaired) electrons. The van der Waals surface area contributed by atoms with Crippen LogP contribution in [0, 0.1) is 0 Å². The van der Waals surface area contributed by atoms with Gasteiger partial charge in [0, 0.05) is 29.7 Å². The molecule has 0 aromatic heterocycles. The summed E-state index contributed by atoms with van der Waals surface area (Å²) in [5, 5.41) is 1.69. The van der Waals surface area contributed by atoms with Crippen molar-refractivity contribution in [3.05, 3.63) is 59.7 Å².